The van der Waals surface area contributed by atoms with Crippen molar-refractivity contribution in [2.75, 3.05) is 5.32 Å². The zero-order chi connectivity index (χ0) is 20.3. The zero-order valence-electron chi connectivity index (χ0n) is 15.0. The molecule has 0 saturated carbocycles. The highest BCUT2D eigenvalue weighted by Gasteiger charge is 2.30. The van der Waals surface area contributed by atoms with E-state index in [-0.39, 0.29) is 12.1 Å². The predicted octanol–water partition coefficient (Wildman–Crippen LogP) is 4.48. The van der Waals surface area contributed by atoms with Crippen LogP contribution in [-0.2, 0) is 12.7 Å². The number of carbonyl (C=O) groups excluding carboxylic acids is 1. The van der Waals surface area contributed by atoms with Gasteiger partial charge in [-0.1, -0.05) is 29.8 Å². The number of pyridine rings is 1. The Morgan fingerprint density at radius 3 is 2.43 bits per heavy atom. The number of rotatable bonds is 4. The summed E-state index contributed by atoms with van der Waals surface area (Å²) in [5.41, 5.74) is 0.995. The Balaban J connectivity index is 1.83. The SMILES string of the molecule is Cc1ccc(NC(=O)c2ccc(=O)n(Cc3cccc(C(F)(F)F)c3)c2)cc1. The van der Waals surface area contributed by atoms with Gasteiger partial charge in [-0.05, 0) is 42.8 Å². The normalized spacial score (nSPS) is 11.3. The average Bonchev–Trinajstić information content (AvgIpc) is 2.65. The Bertz CT molecular complexity index is 1050. The highest BCUT2D eigenvalue weighted by molar-refractivity contribution is 6.04. The molecular formula is C21H17F3N2O2. The summed E-state index contributed by atoms with van der Waals surface area (Å²) >= 11 is 0. The lowest BCUT2D eigenvalue weighted by Crippen LogP contribution is -2.22. The monoisotopic (exact) mass is 386 g/mol. The van der Waals surface area contributed by atoms with Crippen molar-refractivity contribution in [3.8, 4) is 0 Å². The first-order valence-electron chi connectivity index (χ1n) is 8.47. The molecule has 0 aliphatic heterocycles. The summed E-state index contributed by atoms with van der Waals surface area (Å²) in [6.07, 6.45) is -3.12. The van der Waals surface area contributed by atoms with Gasteiger partial charge in [0.2, 0.25) is 0 Å². The Morgan fingerprint density at radius 1 is 1.04 bits per heavy atom. The summed E-state index contributed by atoms with van der Waals surface area (Å²) in [7, 11) is 0. The number of anilines is 1. The summed E-state index contributed by atoms with van der Waals surface area (Å²) in [5.74, 6) is -0.415. The summed E-state index contributed by atoms with van der Waals surface area (Å²) in [6.45, 7) is 1.85. The molecule has 1 amide bonds. The van der Waals surface area contributed by atoms with Gasteiger partial charge in [0.25, 0.3) is 11.5 Å². The predicted molar refractivity (Wildman–Crippen MR) is 100 cm³/mol. The third kappa shape index (κ3) is 4.68. The number of hydrogen-bond acceptors (Lipinski definition) is 2. The van der Waals surface area contributed by atoms with Crippen molar-refractivity contribution in [1.82, 2.24) is 4.57 Å². The second-order valence-corrected chi connectivity index (χ2v) is 6.40. The molecule has 3 rings (SSSR count). The molecule has 1 aromatic heterocycles. The fourth-order valence-corrected chi connectivity index (χ4v) is 2.67. The van der Waals surface area contributed by atoms with Crippen LogP contribution in [0.25, 0.3) is 0 Å². The van der Waals surface area contributed by atoms with Gasteiger partial charge in [-0.25, -0.2) is 0 Å². The molecule has 0 aliphatic rings. The summed E-state index contributed by atoms with van der Waals surface area (Å²) in [4.78, 5) is 24.5. The molecule has 0 aliphatic carbocycles. The summed E-state index contributed by atoms with van der Waals surface area (Å²) in [5, 5.41) is 2.72. The number of alkyl halides is 3. The highest BCUT2D eigenvalue weighted by atomic mass is 19.4. The molecule has 1 N–H and O–H groups in total. The second-order valence-electron chi connectivity index (χ2n) is 6.40. The quantitative estimate of drug-likeness (QED) is 0.719. The van der Waals surface area contributed by atoms with Crippen LogP contribution >= 0.6 is 0 Å². The third-order valence-electron chi connectivity index (χ3n) is 4.16. The van der Waals surface area contributed by atoms with Crippen molar-refractivity contribution in [2.24, 2.45) is 0 Å². The molecule has 2 aromatic carbocycles. The number of aryl methyl sites for hydroxylation is 1. The van der Waals surface area contributed by atoms with Crippen LogP contribution in [0.2, 0.25) is 0 Å². The molecule has 144 valence electrons. The van der Waals surface area contributed by atoms with Crippen molar-refractivity contribution in [1.29, 1.82) is 0 Å². The fraction of sp³-hybridized carbons (Fsp3) is 0.143. The third-order valence-corrected chi connectivity index (χ3v) is 4.16. The van der Waals surface area contributed by atoms with Crippen LogP contribution in [-0.4, -0.2) is 10.5 Å². The molecule has 0 radical (unpaired) electrons. The number of benzene rings is 2. The van der Waals surface area contributed by atoms with Gasteiger partial charge in [0.15, 0.2) is 0 Å². The van der Waals surface area contributed by atoms with E-state index in [2.05, 4.69) is 5.32 Å². The van der Waals surface area contributed by atoms with Gasteiger partial charge >= 0.3 is 6.18 Å². The molecule has 28 heavy (non-hydrogen) atoms. The van der Waals surface area contributed by atoms with Crippen molar-refractivity contribution in [2.45, 2.75) is 19.6 Å². The molecule has 0 unspecified atom stereocenters. The maximum absolute atomic E-state index is 12.9. The minimum absolute atomic E-state index is 0.0750. The van der Waals surface area contributed by atoms with Gasteiger partial charge in [0.1, 0.15) is 0 Å². The number of nitrogens with zero attached hydrogens (tertiary/aromatic N) is 1. The van der Waals surface area contributed by atoms with Crippen molar-refractivity contribution < 1.29 is 18.0 Å². The van der Waals surface area contributed by atoms with Crippen LogP contribution in [0.4, 0.5) is 18.9 Å². The lowest BCUT2D eigenvalue weighted by atomic mass is 10.1. The number of halogens is 3. The van der Waals surface area contributed by atoms with E-state index in [0.717, 1.165) is 17.7 Å². The Labute approximate surface area is 159 Å². The molecule has 0 fully saturated rings. The second kappa shape index (κ2) is 7.72. The first-order chi connectivity index (χ1) is 13.2. The van der Waals surface area contributed by atoms with Crippen molar-refractivity contribution in [3.05, 3.63) is 99.5 Å². The first kappa shape index (κ1) is 19.4. The number of amides is 1. The van der Waals surface area contributed by atoms with E-state index in [1.165, 1.54) is 35.0 Å². The van der Waals surface area contributed by atoms with Crippen LogP contribution in [0, 0.1) is 6.92 Å². The number of hydrogen-bond donors (Lipinski definition) is 1. The van der Waals surface area contributed by atoms with Gasteiger partial charge in [-0.3, -0.25) is 9.59 Å². The lowest BCUT2D eigenvalue weighted by Gasteiger charge is -2.11. The van der Waals surface area contributed by atoms with E-state index in [1.807, 2.05) is 19.1 Å². The van der Waals surface area contributed by atoms with Crippen LogP contribution in [0.5, 0.6) is 0 Å². The maximum Gasteiger partial charge on any atom is 0.416 e. The minimum atomic E-state index is -4.46. The largest absolute Gasteiger partial charge is 0.416 e. The number of aromatic nitrogens is 1. The van der Waals surface area contributed by atoms with Gasteiger partial charge in [-0.15, -0.1) is 0 Å². The van der Waals surface area contributed by atoms with E-state index in [0.29, 0.717) is 11.3 Å². The highest BCUT2D eigenvalue weighted by Crippen LogP contribution is 2.29. The smallest absolute Gasteiger partial charge is 0.322 e. The lowest BCUT2D eigenvalue weighted by molar-refractivity contribution is -0.137. The topological polar surface area (TPSA) is 51.1 Å². The maximum atomic E-state index is 12.9. The first-order valence-corrected chi connectivity index (χ1v) is 8.47. The van der Waals surface area contributed by atoms with Crippen molar-refractivity contribution >= 4 is 11.6 Å². The molecule has 0 bridgehead atoms. The van der Waals surface area contributed by atoms with E-state index in [9.17, 15) is 22.8 Å². The Morgan fingerprint density at radius 2 is 1.75 bits per heavy atom. The molecule has 4 nitrogen and oxygen atoms in total. The van der Waals surface area contributed by atoms with Gasteiger partial charge < -0.3 is 9.88 Å². The molecule has 3 aromatic rings. The zero-order valence-corrected chi connectivity index (χ0v) is 15.0. The summed E-state index contributed by atoms with van der Waals surface area (Å²) in [6, 6.07) is 14.6. The number of carbonyl (C=O) groups is 1. The molecule has 0 spiro atoms. The minimum Gasteiger partial charge on any atom is -0.322 e. The Hall–Kier alpha value is -3.35. The fourth-order valence-electron chi connectivity index (χ4n) is 2.67. The molecular weight excluding hydrogens is 369 g/mol. The van der Waals surface area contributed by atoms with Crippen LogP contribution in [0.3, 0.4) is 0 Å². The van der Waals surface area contributed by atoms with Gasteiger partial charge in [0, 0.05) is 18.0 Å². The van der Waals surface area contributed by atoms with E-state index < -0.39 is 23.2 Å². The summed E-state index contributed by atoms with van der Waals surface area (Å²) < 4.78 is 39.8. The van der Waals surface area contributed by atoms with E-state index in [1.54, 1.807) is 12.1 Å². The van der Waals surface area contributed by atoms with Crippen molar-refractivity contribution in [3.63, 3.8) is 0 Å². The molecule has 0 saturated heterocycles. The Kier molecular flexibility index (Phi) is 5.35. The van der Waals surface area contributed by atoms with Gasteiger partial charge in [0.05, 0.1) is 17.7 Å². The molecule has 1 heterocycles. The van der Waals surface area contributed by atoms with Crippen LogP contribution < -0.4 is 10.9 Å². The van der Waals surface area contributed by atoms with Gasteiger partial charge in [-0.2, -0.15) is 13.2 Å². The van der Waals surface area contributed by atoms with E-state index in [4.69, 9.17) is 0 Å². The van der Waals surface area contributed by atoms with E-state index >= 15 is 0 Å². The standard InChI is InChI=1S/C21H17F3N2O2/c1-14-5-8-18(9-6-14)25-20(28)16-7-10-19(27)26(13-16)12-15-3-2-4-17(11-15)21(22,23)24/h2-11,13H,12H2,1H3,(H,25,28). The van der Waals surface area contributed by atoms with Crippen LogP contribution in [0.1, 0.15) is 27.0 Å². The number of nitrogens with one attached hydrogen (secondary N) is 1. The molecule has 0 atom stereocenters. The average molecular weight is 386 g/mol. The molecule has 7 heteroatoms. The van der Waals surface area contributed by atoms with Crippen LogP contribution in [0.15, 0.2) is 71.7 Å².